The number of benzene rings is 1. The van der Waals surface area contributed by atoms with Crippen LogP contribution in [0.25, 0.3) is 0 Å². The van der Waals surface area contributed by atoms with Crippen LogP contribution in [0.4, 0.5) is 0 Å². The Labute approximate surface area is 120 Å². The molecule has 0 saturated carbocycles. The van der Waals surface area contributed by atoms with Gasteiger partial charge in [0.1, 0.15) is 5.75 Å². The predicted molar refractivity (Wildman–Crippen MR) is 80.9 cm³/mol. The average Bonchev–Trinajstić information content (AvgIpc) is 2.42. The highest BCUT2D eigenvalue weighted by Crippen LogP contribution is 2.35. The van der Waals surface area contributed by atoms with Gasteiger partial charge >= 0.3 is 0 Å². The Morgan fingerprint density at radius 3 is 2.58 bits per heavy atom. The molecule has 0 amide bonds. The van der Waals surface area contributed by atoms with Crippen LogP contribution in [0.5, 0.6) is 5.75 Å². The van der Waals surface area contributed by atoms with E-state index in [9.17, 15) is 5.11 Å². The van der Waals surface area contributed by atoms with E-state index in [0.29, 0.717) is 11.8 Å². The number of hydrogen-bond donors (Lipinski definition) is 1. The zero-order valence-electron chi connectivity index (χ0n) is 11.1. The van der Waals surface area contributed by atoms with Gasteiger partial charge in [0, 0.05) is 29.7 Å². The number of phenolic OH excluding ortho intramolecular Hbond substituents is 1. The van der Waals surface area contributed by atoms with Crippen molar-refractivity contribution in [3.63, 3.8) is 0 Å². The topological polar surface area (TPSA) is 23.5 Å². The Morgan fingerprint density at radius 1 is 1.26 bits per heavy atom. The fourth-order valence-corrected chi connectivity index (χ4v) is 3.09. The van der Waals surface area contributed by atoms with Gasteiger partial charge in [0.2, 0.25) is 0 Å². The summed E-state index contributed by atoms with van der Waals surface area (Å²) < 4.78 is 0. The molecule has 0 spiro atoms. The van der Waals surface area contributed by atoms with Crippen molar-refractivity contribution in [2.24, 2.45) is 0 Å². The molecular formula is C16H20ClNO. The van der Waals surface area contributed by atoms with Gasteiger partial charge in [-0.3, -0.25) is 4.90 Å². The van der Waals surface area contributed by atoms with Crippen molar-refractivity contribution >= 4 is 11.6 Å². The van der Waals surface area contributed by atoms with Crippen molar-refractivity contribution in [2.45, 2.75) is 25.3 Å². The van der Waals surface area contributed by atoms with Gasteiger partial charge in [-0.15, -0.1) is 13.2 Å². The van der Waals surface area contributed by atoms with E-state index in [-0.39, 0.29) is 0 Å². The third kappa shape index (κ3) is 3.02. The highest BCUT2D eigenvalue weighted by molar-refractivity contribution is 6.31. The molecule has 0 aromatic heterocycles. The first-order chi connectivity index (χ1) is 9.17. The van der Waals surface area contributed by atoms with Crippen LogP contribution in [0.3, 0.4) is 0 Å². The van der Waals surface area contributed by atoms with Gasteiger partial charge in [-0.25, -0.2) is 0 Å². The lowest BCUT2D eigenvalue weighted by Crippen LogP contribution is -2.39. The molecule has 0 radical (unpaired) electrons. The minimum atomic E-state index is 0.362. The van der Waals surface area contributed by atoms with Crippen molar-refractivity contribution < 1.29 is 5.11 Å². The molecule has 19 heavy (non-hydrogen) atoms. The fraction of sp³-hybridized carbons (Fsp3) is 0.375. The van der Waals surface area contributed by atoms with E-state index >= 15 is 0 Å². The Kier molecular flexibility index (Phi) is 4.67. The van der Waals surface area contributed by atoms with Gasteiger partial charge in [0.25, 0.3) is 0 Å². The summed E-state index contributed by atoms with van der Waals surface area (Å²) in [6.45, 7) is 9.30. The molecule has 2 rings (SSSR count). The Balaban J connectivity index is 2.23. The second kappa shape index (κ2) is 6.27. The minimum Gasteiger partial charge on any atom is -0.508 e. The van der Waals surface area contributed by atoms with Crippen LogP contribution in [0.2, 0.25) is 5.02 Å². The molecule has 0 saturated heterocycles. The molecule has 1 atom stereocenters. The summed E-state index contributed by atoms with van der Waals surface area (Å²) in [4.78, 5) is 2.34. The van der Waals surface area contributed by atoms with Crippen LogP contribution in [0.1, 0.15) is 17.5 Å². The number of hydrogen-bond acceptors (Lipinski definition) is 2. The first-order valence-electron chi connectivity index (χ1n) is 6.62. The van der Waals surface area contributed by atoms with Crippen LogP contribution in [-0.4, -0.2) is 29.1 Å². The van der Waals surface area contributed by atoms with Crippen molar-refractivity contribution in [1.82, 2.24) is 4.90 Å². The molecule has 102 valence electrons. The Hall–Kier alpha value is -1.25. The summed E-state index contributed by atoms with van der Waals surface area (Å²) in [5.41, 5.74) is 2.11. The summed E-state index contributed by atoms with van der Waals surface area (Å²) in [7, 11) is 0. The average molecular weight is 278 g/mol. The number of rotatable bonds is 5. The smallest absolute Gasteiger partial charge is 0.119 e. The van der Waals surface area contributed by atoms with E-state index in [4.69, 9.17) is 11.6 Å². The van der Waals surface area contributed by atoms with Crippen LogP contribution in [0.15, 0.2) is 37.4 Å². The quantitative estimate of drug-likeness (QED) is 0.832. The molecule has 0 aliphatic heterocycles. The monoisotopic (exact) mass is 277 g/mol. The summed E-state index contributed by atoms with van der Waals surface area (Å²) in [6, 6.07) is 3.88. The molecule has 2 nitrogen and oxygen atoms in total. The van der Waals surface area contributed by atoms with Gasteiger partial charge in [-0.1, -0.05) is 23.8 Å². The third-order valence-electron chi connectivity index (χ3n) is 3.76. The molecule has 1 unspecified atom stereocenters. The maximum Gasteiger partial charge on any atom is 0.119 e. The van der Waals surface area contributed by atoms with E-state index in [2.05, 4.69) is 18.1 Å². The second-order valence-corrected chi connectivity index (χ2v) is 5.36. The minimum absolute atomic E-state index is 0.362. The fourth-order valence-electron chi connectivity index (χ4n) is 2.81. The number of phenols is 1. The largest absolute Gasteiger partial charge is 0.508 e. The van der Waals surface area contributed by atoms with Crippen LogP contribution in [-0.2, 0) is 12.8 Å². The summed E-state index contributed by atoms with van der Waals surface area (Å²) in [5.74, 6) is 0.362. The molecule has 1 aromatic rings. The lowest BCUT2D eigenvalue weighted by Gasteiger charge is -2.34. The lowest BCUT2D eigenvalue weighted by atomic mass is 9.86. The molecule has 3 heteroatoms. The molecule has 1 aromatic carbocycles. The lowest BCUT2D eigenvalue weighted by molar-refractivity contribution is 0.218. The number of nitrogens with zero attached hydrogens (tertiary/aromatic N) is 1. The van der Waals surface area contributed by atoms with E-state index in [0.717, 1.165) is 48.5 Å². The number of aromatic hydroxyl groups is 1. The van der Waals surface area contributed by atoms with Crippen molar-refractivity contribution in [3.05, 3.63) is 53.6 Å². The number of fused-ring (bicyclic) bond motifs is 1. The highest BCUT2D eigenvalue weighted by atomic mass is 35.5. The van der Waals surface area contributed by atoms with Crippen molar-refractivity contribution in [2.75, 3.05) is 13.1 Å². The van der Waals surface area contributed by atoms with Gasteiger partial charge in [0.05, 0.1) is 0 Å². The molecule has 1 aliphatic rings. The second-order valence-electron chi connectivity index (χ2n) is 4.95. The zero-order chi connectivity index (χ0) is 13.8. The zero-order valence-corrected chi connectivity index (χ0v) is 11.9. The van der Waals surface area contributed by atoms with Crippen molar-refractivity contribution in [1.29, 1.82) is 0 Å². The SMILES string of the molecule is C=CCN(CC=C)C1CCc2c(Cl)ccc(O)c2C1. The summed E-state index contributed by atoms with van der Waals surface area (Å²) in [6.07, 6.45) is 6.63. The molecule has 1 aliphatic carbocycles. The molecule has 0 heterocycles. The first-order valence-corrected chi connectivity index (χ1v) is 7.00. The maximum absolute atomic E-state index is 10.0. The van der Waals surface area contributed by atoms with Crippen LogP contribution >= 0.6 is 11.6 Å². The molecule has 1 N–H and O–H groups in total. The van der Waals surface area contributed by atoms with Gasteiger partial charge in [-0.2, -0.15) is 0 Å². The van der Waals surface area contributed by atoms with E-state index in [1.807, 2.05) is 12.2 Å². The van der Waals surface area contributed by atoms with Crippen LogP contribution in [0, 0.1) is 0 Å². The first kappa shape index (κ1) is 14.2. The summed E-state index contributed by atoms with van der Waals surface area (Å²) in [5, 5.41) is 10.8. The predicted octanol–water partition coefficient (Wildman–Crippen LogP) is 3.58. The highest BCUT2D eigenvalue weighted by Gasteiger charge is 2.26. The van der Waals surface area contributed by atoms with E-state index in [1.54, 1.807) is 12.1 Å². The maximum atomic E-state index is 10.0. The Bertz CT molecular complexity index is 474. The molecule has 0 bridgehead atoms. The van der Waals surface area contributed by atoms with Gasteiger partial charge in [-0.05, 0) is 37.0 Å². The normalized spacial score (nSPS) is 18.1. The standard InChI is InChI=1S/C16H20ClNO/c1-3-9-18(10-4-2)12-5-6-13-14(11-12)16(19)8-7-15(13)17/h3-4,7-8,12,19H,1-2,5-6,9-11H2. The van der Waals surface area contributed by atoms with E-state index in [1.165, 1.54) is 0 Å². The molecule has 0 fully saturated rings. The molecular weight excluding hydrogens is 258 g/mol. The van der Waals surface area contributed by atoms with E-state index < -0.39 is 0 Å². The summed E-state index contributed by atoms with van der Waals surface area (Å²) >= 11 is 6.21. The number of halogens is 1. The van der Waals surface area contributed by atoms with Crippen molar-refractivity contribution in [3.8, 4) is 5.75 Å². The Morgan fingerprint density at radius 2 is 1.95 bits per heavy atom. The third-order valence-corrected chi connectivity index (χ3v) is 4.11. The van der Waals surface area contributed by atoms with Crippen LogP contribution < -0.4 is 0 Å². The van der Waals surface area contributed by atoms with Gasteiger partial charge in [0.15, 0.2) is 0 Å². The van der Waals surface area contributed by atoms with Gasteiger partial charge < -0.3 is 5.11 Å².